The summed E-state index contributed by atoms with van der Waals surface area (Å²) in [5, 5.41) is 4.71. The molecule has 0 radical (unpaired) electrons. The van der Waals surface area contributed by atoms with Crippen molar-refractivity contribution in [1.29, 1.82) is 0 Å². The molecule has 0 fully saturated rings. The molecule has 156 valence electrons. The summed E-state index contributed by atoms with van der Waals surface area (Å²) in [7, 11) is 5.37. The van der Waals surface area contributed by atoms with Crippen LogP contribution in [0.1, 0.15) is 29.8 Å². The molecule has 1 aromatic heterocycles. The molecule has 0 N–H and O–H groups in total. The SMILES string of the molecule is COc1ccc2cc(/C(=N/OC(=O)c3ccc(N(C)C)cc3)C(C)C)c(=O)oc2c1. The van der Waals surface area contributed by atoms with Crippen molar-refractivity contribution >= 4 is 28.3 Å². The van der Waals surface area contributed by atoms with Gasteiger partial charge in [0.05, 0.1) is 23.9 Å². The zero-order chi connectivity index (χ0) is 21.8. The number of hydrogen-bond donors (Lipinski definition) is 0. The number of ether oxygens (including phenoxy) is 1. The first kappa shape index (κ1) is 21.1. The van der Waals surface area contributed by atoms with Crippen molar-refractivity contribution in [2.75, 3.05) is 26.1 Å². The van der Waals surface area contributed by atoms with Gasteiger partial charge in [0.2, 0.25) is 0 Å². The highest BCUT2D eigenvalue weighted by molar-refractivity contribution is 6.03. The van der Waals surface area contributed by atoms with Crippen LogP contribution in [0.2, 0.25) is 0 Å². The minimum atomic E-state index is -0.603. The summed E-state index contributed by atoms with van der Waals surface area (Å²) in [6, 6.07) is 13.8. The Kier molecular flexibility index (Phi) is 6.20. The molecule has 0 amide bonds. The molecule has 0 unspecified atom stereocenters. The van der Waals surface area contributed by atoms with E-state index in [2.05, 4.69) is 5.16 Å². The normalized spacial score (nSPS) is 11.6. The first-order valence-electron chi connectivity index (χ1n) is 9.49. The van der Waals surface area contributed by atoms with Crippen LogP contribution in [0, 0.1) is 5.92 Å². The van der Waals surface area contributed by atoms with Crippen molar-refractivity contribution in [3.63, 3.8) is 0 Å². The number of fused-ring (bicyclic) bond motifs is 1. The summed E-state index contributed by atoms with van der Waals surface area (Å²) in [4.78, 5) is 32.0. The van der Waals surface area contributed by atoms with E-state index < -0.39 is 11.6 Å². The molecular formula is C23H24N2O5. The van der Waals surface area contributed by atoms with Crippen LogP contribution in [0.15, 0.2) is 62.9 Å². The van der Waals surface area contributed by atoms with E-state index in [-0.39, 0.29) is 11.5 Å². The van der Waals surface area contributed by atoms with Crippen LogP contribution in [-0.4, -0.2) is 32.9 Å². The molecule has 2 aromatic carbocycles. The van der Waals surface area contributed by atoms with Crippen molar-refractivity contribution in [2.24, 2.45) is 11.1 Å². The Hall–Kier alpha value is -3.61. The van der Waals surface area contributed by atoms with Gasteiger partial charge in [0.25, 0.3) is 0 Å². The Morgan fingerprint density at radius 3 is 2.37 bits per heavy atom. The average molecular weight is 408 g/mol. The minimum Gasteiger partial charge on any atom is -0.497 e. The number of methoxy groups -OCH3 is 1. The largest absolute Gasteiger partial charge is 0.497 e. The minimum absolute atomic E-state index is 0.174. The Morgan fingerprint density at radius 2 is 1.77 bits per heavy atom. The highest BCUT2D eigenvalue weighted by atomic mass is 16.7. The second kappa shape index (κ2) is 8.82. The highest BCUT2D eigenvalue weighted by Gasteiger charge is 2.18. The summed E-state index contributed by atoms with van der Waals surface area (Å²) >= 11 is 0. The monoisotopic (exact) mass is 408 g/mol. The quantitative estimate of drug-likeness (QED) is 0.265. The topological polar surface area (TPSA) is 81.3 Å². The molecule has 0 aliphatic carbocycles. The second-order valence-electron chi connectivity index (χ2n) is 7.30. The van der Waals surface area contributed by atoms with Crippen LogP contribution in [0.5, 0.6) is 5.75 Å². The third-order valence-corrected chi connectivity index (χ3v) is 4.61. The lowest BCUT2D eigenvalue weighted by Crippen LogP contribution is -2.20. The van der Waals surface area contributed by atoms with Crippen molar-refractivity contribution in [3.8, 4) is 5.75 Å². The number of benzene rings is 2. The van der Waals surface area contributed by atoms with Crippen molar-refractivity contribution < 1.29 is 18.8 Å². The van der Waals surface area contributed by atoms with Crippen molar-refractivity contribution in [2.45, 2.75) is 13.8 Å². The summed E-state index contributed by atoms with van der Waals surface area (Å²) in [5.74, 6) is -0.189. The number of carbonyl (C=O) groups excluding carboxylic acids is 1. The van der Waals surface area contributed by atoms with Crippen LogP contribution in [0.25, 0.3) is 11.0 Å². The van der Waals surface area contributed by atoms with Gasteiger partial charge in [-0.15, -0.1) is 0 Å². The molecule has 3 aromatic rings. The van der Waals surface area contributed by atoms with E-state index >= 15 is 0 Å². The maximum absolute atomic E-state index is 12.6. The Morgan fingerprint density at radius 1 is 1.07 bits per heavy atom. The Balaban J connectivity index is 1.91. The number of hydrogen-bond acceptors (Lipinski definition) is 7. The number of nitrogens with zero attached hydrogens (tertiary/aromatic N) is 2. The zero-order valence-corrected chi connectivity index (χ0v) is 17.6. The van der Waals surface area contributed by atoms with Gasteiger partial charge in [-0.2, -0.15) is 0 Å². The fourth-order valence-corrected chi connectivity index (χ4v) is 2.90. The van der Waals surface area contributed by atoms with E-state index in [9.17, 15) is 9.59 Å². The number of oxime groups is 1. The van der Waals surface area contributed by atoms with Gasteiger partial charge < -0.3 is 18.9 Å². The van der Waals surface area contributed by atoms with Gasteiger partial charge in [-0.25, -0.2) is 9.59 Å². The molecule has 0 spiro atoms. The highest BCUT2D eigenvalue weighted by Crippen LogP contribution is 2.21. The molecule has 1 heterocycles. The zero-order valence-electron chi connectivity index (χ0n) is 17.6. The second-order valence-corrected chi connectivity index (χ2v) is 7.30. The van der Waals surface area contributed by atoms with E-state index in [4.69, 9.17) is 14.0 Å². The predicted molar refractivity (Wildman–Crippen MR) is 117 cm³/mol. The molecule has 30 heavy (non-hydrogen) atoms. The lowest BCUT2D eigenvalue weighted by molar-refractivity contribution is 0.0514. The van der Waals surface area contributed by atoms with E-state index in [1.807, 2.05) is 45.0 Å². The lowest BCUT2D eigenvalue weighted by Gasteiger charge is -2.12. The summed E-state index contributed by atoms with van der Waals surface area (Å²) in [6.45, 7) is 3.71. The molecule has 7 heteroatoms. The Labute approximate surface area is 174 Å². The molecule has 3 rings (SSSR count). The number of rotatable bonds is 6. The van der Waals surface area contributed by atoms with Crippen LogP contribution >= 0.6 is 0 Å². The summed E-state index contributed by atoms with van der Waals surface area (Å²) in [5.41, 5.74) is 1.75. The molecule has 0 bridgehead atoms. The molecule has 0 saturated heterocycles. The summed E-state index contributed by atoms with van der Waals surface area (Å²) in [6.07, 6.45) is 0. The van der Waals surface area contributed by atoms with Crippen molar-refractivity contribution in [3.05, 3.63) is 70.1 Å². The Bertz CT molecular complexity index is 1140. The van der Waals surface area contributed by atoms with Crippen LogP contribution in [-0.2, 0) is 4.84 Å². The van der Waals surface area contributed by atoms with Gasteiger partial charge in [-0.1, -0.05) is 19.0 Å². The molecule has 0 aliphatic rings. The van der Waals surface area contributed by atoms with Crippen molar-refractivity contribution in [1.82, 2.24) is 0 Å². The fourth-order valence-electron chi connectivity index (χ4n) is 2.90. The van der Waals surface area contributed by atoms with Crippen LogP contribution in [0.3, 0.4) is 0 Å². The van der Waals surface area contributed by atoms with Gasteiger partial charge in [-0.3, -0.25) is 0 Å². The third-order valence-electron chi connectivity index (χ3n) is 4.61. The lowest BCUT2D eigenvalue weighted by atomic mass is 10.0. The standard InChI is InChI=1S/C23H24N2O5/c1-14(2)21(24-30-22(26)15-6-9-17(10-7-15)25(3)4)19-12-16-8-11-18(28-5)13-20(16)29-23(19)27/h6-14H,1-5H3/b24-21+. The molecular weight excluding hydrogens is 384 g/mol. The van der Waals surface area contributed by atoms with Gasteiger partial charge in [-0.05, 0) is 48.4 Å². The van der Waals surface area contributed by atoms with E-state index in [1.54, 1.807) is 43.5 Å². The van der Waals surface area contributed by atoms with E-state index in [0.717, 1.165) is 5.69 Å². The average Bonchev–Trinajstić information content (AvgIpc) is 2.73. The smallest absolute Gasteiger partial charge is 0.365 e. The molecule has 0 atom stereocenters. The van der Waals surface area contributed by atoms with E-state index in [1.165, 1.54) is 0 Å². The van der Waals surface area contributed by atoms with E-state index in [0.29, 0.717) is 28.0 Å². The van der Waals surface area contributed by atoms with Gasteiger partial charge >= 0.3 is 11.6 Å². The summed E-state index contributed by atoms with van der Waals surface area (Å²) < 4.78 is 10.6. The maximum atomic E-state index is 12.6. The molecule has 0 saturated carbocycles. The van der Waals surface area contributed by atoms with Gasteiger partial charge in [0.1, 0.15) is 11.3 Å². The van der Waals surface area contributed by atoms with Crippen LogP contribution in [0.4, 0.5) is 5.69 Å². The van der Waals surface area contributed by atoms with Gasteiger partial charge in [0, 0.05) is 31.2 Å². The first-order valence-corrected chi connectivity index (χ1v) is 9.49. The third kappa shape index (κ3) is 4.51. The fraction of sp³-hybridized carbons (Fsp3) is 0.261. The number of carbonyl (C=O) groups is 1. The molecule has 0 aliphatic heterocycles. The first-order chi connectivity index (χ1) is 14.3. The predicted octanol–water partition coefficient (Wildman–Crippen LogP) is 4.08. The molecule has 7 nitrogen and oxygen atoms in total. The number of anilines is 1. The maximum Gasteiger partial charge on any atom is 0.365 e. The van der Waals surface area contributed by atoms with Gasteiger partial charge in [0.15, 0.2) is 0 Å². The van der Waals surface area contributed by atoms with Crippen LogP contribution < -0.4 is 15.3 Å².